The Morgan fingerprint density at radius 2 is 2.36 bits per heavy atom. The number of hydrogen-bond acceptors (Lipinski definition) is 4. The highest BCUT2D eigenvalue weighted by Gasteiger charge is 2.05. The summed E-state index contributed by atoms with van der Waals surface area (Å²) in [6.07, 6.45) is 4.53. The zero-order valence-corrected chi connectivity index (χ0v) is 7.89. The van der Waals surface area contributed by atoms with E-state index in [0.717, 1.165) is 26.1 Å². The van der Waals surface area contributed by atoms with Crippen LogP contribution < -0.4 is 0 Å². The largest absolute Gasteiger partial charge is 0.502 e. The van der Waals surface area contributed by atoms with Crippen molar-refractivity contribution < 1.29 is 15.0 Å². The van der Waals surface area contributed by atoms with Crippen LogP contribution in [0.25, 0.3) is 0 Å². The van der Waals surface area contributed by atoms with Gasteiger partial charge >= 0.3 is 5.97 Å². The van der Waals surface area contributed by atoms with E-state index in [1.165, 1.54) is 6.08 Å². The second kappa shape index (κ2) is 5.26. The van der Waals surface area contributed by atoms with Crippen LogP contribution in [0.4, 0.5) is 0 Å². The van der Waals surface area contributed by atoms with Crippen molar-refractivity contribution in [2.75, 3.05) is 19.6 Å². The maximum atomic E-state index is 10.2. The zero-order valence-electron chi connectivity index (χ0n) is 7.89. The number of allylic oxidation sites excluding steroid dienone is 1. The van der Waals surface area contributed by atoms with Crippen LogP contribution in [0.3, 0.4) is 0 Å². The molecule has 0 aromatic heterocycles. The fourth-order valence-electron chi connectivity index (χ4n) is 1.21. The Kier molecular flexibility index (Phi) is 3.97. The molecular formula is C9H14N2O3. The molecule has 0 aromatic rings. The Morgan fingerprint density at radius 1 is 1.57 bits per heavy atom. The van der Waals surface area contributed by atoms with E-state index in [1.54, 1.807) is 6.34 Å². The third kappa shape index (κ3) is 3.47. The predicted octanol–water partition coefficient (Wildman–Crippen LogP) is 0.637. The van der Waals surface area contributed by atoms with E-state index in [2.05, 4.69) is 9.89 Å². The molecule has 0 atom stereocenters. The quantitative estimate of drug-likeness (QED) is 0.386. The number of hydrogen-bond donors (Lipinski definition) is 2. The Bertz CT molecular complexity index is 261. The van der Waals surface area contributed by atoms with E-state index >= 15 is 0 Å². The molecule has 0 bridgehead atoms. The van der Waals surface area contributed by atoms with Gasteiger partial charge in [0.15, 0.2) is 5.76 Å². The van der Waals surface area contributed by atoms with Gasteiger partial charge in [-0.05, 0) is 18.9 Å². The molecule has 0 unspecified atom stereocenters. The Balaban J connectivity index is 2.12. The molecule has 1 aliphatic heterocycles. The zero-order chi connectivity index (χ0) is 10.4. The fraction of sp³-hybridized carbons (Fsp3) is 0.556. The number of nitrogens with zero attached hydrogens (tertiary/aromatic N) is 2. The fourth-order valence-corrected chi connectivity index (χ4v) is 1.21. The van der Waals surface area contributed by atoms with Gasteiger partial charge in [-0.15, -0.1) is 0 Å². The highest BCUT2D eigenvalue weighted by atomic mass is 16.4. The van der Waals surface area contributed by atoms with Crippen molar-refractivity contribution in [3.63, 3.8) is 0 Å². The molecule has 5 heteroatoms. The summed E-state index contributed by atoms with van der Waals surface area (Å²) < 4.78 is 0. The number of unbranched alkanes of at least 4 members (excludes halogenated alkanes) is 1. The Hall–Kier alpha value is -1.52. The number of carboxylic acid groups (broad SMARTS) is 1. The van der Waals surface area contributed by atoms with E-state index in [1.807, 2.05) is 0 Å². The minimum Gasteiger partial charge on any atom is -0.502 e. The maximum Gasteiger partial charge on any atom is 0.370 e. The lowest BCUT2D eigenvalue weighted by Crippen LogP contribution is -2.20. The molecule has 0 radical (unpaired) electrons. The molecule has 1 heterocycles. The first-order valence-electron chi connectivity index (χ1n) is 4.56. The van der Waals surface area contributed by atoms with Crippen molar-refractivity contribution in [1.82, 2.24) is 4.90 Å². The van der Waals surface area contributed by atoms with Gasteiger partial charge in [0.1, 0.15) is 0 Å². The number of carbonyl (C=O) groups is 1. The lowest BCUT2D eigenvalue weighted by atomic mass is 10.2. The first-order valence-corrected chi connectivity index (χ1v) is 4.56. The first-order chi connectivity index (χ1) is 6.70. The number of carboxylic acids is 1. The number of aliphatic imine (C=N–C) groups is 1. The Labute approximate surface area is 82.4 Å². The van der Waals surface area contributed by atoms with Gasteiger partial charge in [-0.25, -0.2) is 4.79 Å². The third-order valence-electron chi connectivity index (χ3n) is 1.97. The highest BCUT2D eigenvalue weighted by Crippen LogP contribution is 2.00. The van der Waals surface area contributed by atoms with Gasteiger partial charge < -0.3 is 15.1 Å². The van der Waals surface area contributed by atoms with Gasteiger partial charge in [0.2, 0.25) is 0 Å². The minimum absolute atomic E-state index is 0.569. The van der Waals surface area contributed by atoms with Crippen molar-refractivity contribution in [1.29, 1.82) is 0 Å². The molecule has 14 heavy (non-hydrogen) atoms. The summed E-state index contributed by atoms with van der Waals surface area (Å²) in [5.74, 6) is -1.84. The van der Waals surface area contributed by atoms with E-state index < -0.39 is 11.7 Å². The van der Waals surface area contributed by atoms with Crippen LogP contribution in [0.1, 0.15) is 12.8 Å². The van der Waals surface area contributed by atoms with Crippen LogP contribution >= 0.6 is 0 Å². The monoisotopic (exact) mass is 198 g/mol. The smallest absolute Gasteiger partial charge is 0.370 e. The number of aliphatic carboxylic acids is 1. The molecular weight excluding hydrogens is 184 g/mol. The van der Waals surface area contributed by atoms with Crippen LogP contribution in [0.2, 0.25) is 0 Å². The average molecular weight is 198 g/mol. The lowest BCUT2D eigenvalue weighted by molar-refractivity contribution is -0.135. The molecule has 0 spiro atoms. The second-order valence-corrected chi connectivity index (χ2v) is 3.09. The summed E-state index contributed by atoms with van der Waals surface area (Å²) >= 11 is 0. The molecule has 0 aliphatic carbocycles. The summed E-state index contributed by atoms with van der Waals surface area (Å²) in [6.45, 7) is 2.64. The summed E-state index contributed by atoms with van der Waals surface area (Å²) in [7, 11) is 0. The molecule has 0 amide bonds. The van der Waals surface area contributed by atoms with Crippen LogP contribution in [0.5, 0.6) is 0 Å². The molecule has 1 aliphatic rings. The van der Waals surface area contributed by atoms with Crippen LogP contribution in [0, 0.1) is 0 Å². The SMILES string of the molecule is O=C(O)C(O)=CCCCN1C=NCC1. The van der Waals surface area contributed by atoms with Crippen LogP contribution in [0.15, 0.2) is 16.8 Å². The minimum atomic E-state index is -1.27. The van der Waals surface area contributed by atoms with Crippen LogP contribution in [-0.4, -0.2) is 47.1 Å². The van der Waals surface area contributed by atoms with Crippen molar-refractivity contribution in [3.05, 3.63) is 11.8 Å². The van der Waals surface area contributed by atoms with E-state index in [9.17, 15) is 4.79 Å². The standard InChI is InChI=1S/C9H14N2O3/c12-8(9(13)14)3-1-2-5-11-6-4-10-7-11/h3,7,12H,1-2,4-6H2,(H,13,14). The van der Waals surface area contributed by atoms with E-state index in [0.29, 0.717) is 6.42 Å². The molecule has 78 valence electrons. The van der Waals surface area contributed by atoms with E-state index in [4.69, 9.17) is 10.2 Å². The third-order valence-corrected chi connectivity index (χ3v) is 1.97. The maximum absolute atomic E-state index is 10.2. The first kappa shape index (κ1) is 10.6. The second-order valence-electron chi connectivity index (χ2n) is 3.09. The number of aliphatic hydroxyl groups is 1. The molecule has 0 fully saturated rings. The summed E-state index contributed by atoms with van der Waals surface area (Å²) in [4.78, 5) is 16.3. The highest BCUT2D eigenvalue weighted by molar-refractivity contribution is 5.83. The molecule has 0 saturated heterocycles. The molecule has 5 nitrogen and oxygen atoms in total. The normalized spacial score (nSPS) is 16.3. The van der Waals surface area contributed by atoms with Gasteiger partial charge in [-0.1, -0.05) is 0 Å². The summed E-state index contributed by atoms with van der Waals surface area (Å²) in [5.41, 5.74) is 0. The van der Waals surface area contributed by atoms with Gasteiger partial charge in [-0.3, -0.25) is 4.99 Å². The van der Waals surface area contributed by atoms with Gasteiger partial charge in [0, 0.05) is 13.1 Å². The van der Waals surface area contributed by atoms with Crippen LogP contribution in [-0.2, 0) is 4.79 Å². The van der Waals surface area contributed by atoms with Gasteiger partial charge in [-0.2, -0.15) is 0 Å². The van der Waals surface area contributed by atoms with E-state index in [-0.39, 0.29) is 0 Å². The van der Waals surface area contributed by atoms with Crippen molar-refractivity contribution in [2.24, 2.45) is 4.99 Å². The van der Waals surface area contributed by atoms with Gasteiger partial charge in [0.05, 0.1) is 12.9 Å². The summed E-state index contributed by atoms with van der Waals surface area (Å²) in [6, 6.07) is 0. The topological polar surface area (TPSA) is 73.1 Å². The number of aliphatic hydroxyl groups excluding tert-OH is 1. The average Bonchev–Trinajstić information content (AvgIpc) is 2.64. The molecule has 0 aromatic carbocycles. The molecule has 2 N–H and O–H groups in total. The van der Waals surface area contributed by atoms with Crippen molar-refractivity contribution in [3.8, 4) is 0 Å². The summed E-state index contributed by atoms with van der Waals surface area (Å²) in [5, 5.41) is 17.2. The van der Waals surface area contributed by atoms with Crippen molar-refractivity contribution in [2.45, 2.75) is 12.8 Å². The Morgan fingerprint density at radius 3 is 2.93 bits per heavy atom. The van der Waals surface area contributed by atoms with Gasteiger partial charge in [0.25, 0.3) is 0 Å². The lowest BCUT2D eigenvalue weighted by Gasteiger charge is -2.11. The molecule has 0 saturated carbocycles. The predicted molar refractivity (Wildman–Crippen MR) is 52.5 cm³/mol. The van der Waals surface area contributed by atoms with Crippen molar-refractivity contribution >= 4 is 12.3 Å². The molecule has 1 rings (SSSR count). The number of rotatable bonds is 5.